The van der Waals surface area contributed by atoms with Crippen molar-refractivity contribution < 1.29 is 9.13 Å². The van der Waals surface area contributed by atoms with Crippen molar-refractivity contribution in [1.29, 1.82) is 0 Å². The second kappa shape index (κ2) is 5.15. The highest BCUT2D eigenvalue weighted by Crippen LogP contribution is 2.28. The van der Waals surface area contributed by atoms with Gasteiger partial charge < -0.3 is 4.74 Å². The Bertz CT molecular complexity index is 531. The molecule has 0 atom stereocenters. The molecule has 4 heteroatoms. The van der Waals surface area contributed by atoms with E-state index in [1.54, 1.807) is 24.5 Å². The lowest BCUT2D eigenvalue weighted by Gasteiger charge is -2.10. The molecule has 0 aliphatic heterocycles. The van der Waals surface area contributed by atoms with Crippen LogP contribution in [0.4, 0.5) is 4.39 Å². The average molecular weight is 252 g/mol. The molecule has 0 N–H and O–H groups in total. The van der Waals surface area contributed by atoms with Crippen molar-refractivity contribution in [2.75, 3.05) is 0 Å². The molecule has 0 aliphatic carbocycles. The fourth-order valence-corrected chi connectivity index (χ4v) is 1.63. The third-order valence-electron chi connectivity index (χ3n) is 2.38. The highest BCUT2D eigenvalue weighted by molar-refractivity contribution is 6.17. The van der Waals surface area contributed by atoms with Crippen molar-refractivity contribution in [3.63, 3.8) is 0 Å². The molecular formula is C13H11ClFNO. The summed E-state index contributed by atoms with van der Waals surface area (Å²) in [5.41, 5.74) is 1.68. The number of hydrogen-bond acceptors (Lipinski definition) is 2. The minimum absolute atomic E-state index is 0.326. The van der Waals surface area contributed by atoms with Crippen LogP contribution in [0.5, 0.6) is 11.5 Å². The lowest BCUT2D eigenvalue weighted by molar-refractivity contribution is 0.466. The summed E-state index contributed by atoms with van der Waals surface area (Å²) >= 11 is 5.79. The van der Waals surface area contributed by atoms with E-state index in [4.69, 9.17) is 16.3 Å². The summed E-state index contributed by atoms with van der Waals surface area (Å²) in [5.74, 6) is 1.02. The van der Waals surface area contributed by atoms with Gasteiger partial charge in [-0.3, -0.25) is 4.98 Å². The van der Waals surface area contributed by atoms with Crippen LogP contribution >= 0.6 is 11.6 Å². The Kier molecular flexibility index (Phi) is 3.59. The molecule has 0 spiro atoms. The van der Waals surface area contributed by atoms with Gasteiger partial charge in [-0.25, -0.2) is 4.39 Å². The topological polar surface area (TPSA) is 22.1 Å². The maximum atomic E-state index is 13.1. The van der Waals surface area contributed by atoms with E-state index in [0.717, 1.165) is 11.1 Å². The Morgan fingerprint density at radius 3 is 2.88 bits per heavy atom. The summed E-state index contributed by atoms with van der Waals surface area (Å²) in [6, 6.07) is 6.19. The molecule has 0 fully saturated rings. The van der Waals surface area contributed by atoms with E-state index in [0.29, 0.717) is 17.4 Å². The van der Waals surface area contributed by atoms with E-state index < -0.39 is 0 Å². The predicted molar refractivity (Wildman–Crippen MR) is 65.0 cm³/mol. The third-order valence-corrected chi connectivity index (χ3v) is 2.67. The van der Waals surface area contributed by atoms with Crippen molar-refractivity contribution >= 4 is 11.6 Å². The van der Waals surface area contributed by atoms with Gasteiger partial charge in [0.1, 0.15) is 17.3 Å². The van der Waals surface area contributed by atoms with Gasteiger partial charge in [-0.15, -0.1) is 11.6 Å². The van der Waals surface area contributed by atoms with Crippen LogP contribution < -0.4 is 4.74 Å². The van der Waals surface area contributed by atoms with Crippen molar-refractivity contribution in [2.45, 2.75) is 12.8 Å². The lowest BCUT2D eigenvalue weighted by Crippen LogP contribution is -1.93. The van der Waals surface area contributed by atoms with Gasteiger partial charge >= 0.3 is 0 Å². The molecule has 0 bridgehead atoms. The maximum Gasteiger partial charge on any atom is 0.150 e. The van der Waals surface area contributed by atoms with Gasteiger partial charge in [0, 0.05) is 17.8 Å². The molecule has 2 nitrogen and oxygen atoms in total. The van der Waals surface area contributed by atoms with E-state index in [2.05, 4.69) is 4.98 Å². The number of alkyl halides is 1. The van der Waals surface area contributed by atoms with Crippen molar-refractivity contribution in [2.24, 2.45) is 0 Å². The number of rotatable bonds is 3. The van der Waals surface area contributed by atoms with Crippen LogP contribution in [0.1, 0.15) is 11.1 Å². The third kappa shape index (κ3) is 2.74. The van der Waals surface area contributed by atoms with Crippen LogP contribution in [0.15, 0.2) is 36.7 Å². The zero-order valence-electron chi connectivity index (χ0n) is 9.28. The smallest absolute Gasteiger partial charge is 0.150 e. The SMILES string of the molecule is Cc1ccc(F)cc1Oc1cnccc1CCl. The van der Waals surface area contributed by atoms with Gasteiger partial charge in [-0.1, -0.05) is 6.07 Å². The quantitative estimate of drug-likeness (QED) is 0.768. The Labute approximate surface area is 104 Å². The average Bonchev–Trinajstić information content (AvgIpc) is 2.34. The van der Waals surface area contributed by atoms with E-state index in [9.17, 15) is 4.39 Å². The van der Waals surface area contributed by atoms with Gasteiger partial charge in [-0.2, -0.15) is 0 Å². The lowest BCUT2D eigenvalue weighted by atomic mass is 10.2. The molecule has 1 heterocycles. The number of aryl methyl sites for hydroxylation is 1. The monoisotopic (exact) mass is 251 g/mol. The number of halogens is 2. The zero-order valence-corrected chi connectivity index (χ0v) is 10.0. The standard InChI is InChI=1S/C13H11ClFNO/c1-9-2-3-11(15)6-12(9)17-13-8-16-5-4-10(13)7-14/h2-6,8H,7H2,1H3. The largest absolute Gasteiger partial charge is 0.455 e. The number of pyridine rings is 1. The molecule has 0 amide bonds. The van der Waals surface area contributed by atoms with Crippen LogP contribution in [-0.2, 0) is 5.88 Å². The highest BCUT2D eigenvalue weighted by Gasteiger charge is 2.07. The van der Waals surface area contributed by atoms with Crippen LogP contribution in [-0.4, -0.2) is 4.98 Å². The summed E-state index contributed by atoms with van der Waals surface area (Å²) in [6.07, 6.45) is 3.21. The summed E-state index contributed by atoms with van der Waals surface area (Å²) in [4.78, 5) is 3.96. The summed E-state index contributed by atoms with van der Waals surface area (Å²) in [6.45, 7) is 1.85. The van der Waals surface area contributed by atoms with Crippen molar-refractivity contribution in [3.05, 3.63) is 53.6 Å². The van der Waals surface area contributed by atoms with E-state index in [-0.39, 0.29) is 5.82 Å². The van der Waals surface area contributed by atoms with Crippen LogP contribution in [0.3, 0.4) is 0 Å². The van der Waals surface area contributed by atoms with Gasteiger partial charge in [0.2, 0.25) is 0 Å². The Balaban J connectivity index is 2.34. The molecule has 0 aliphatic rings. The van der Waals surface area contributed by atoms with Crippen molar-refractivity contribution in [1.82, 2.24) is 4.98 Å². The van der Waals surface area contributed by atoms with E-state index >= 15 is 0 Å². The second-order valence-corrected chi connectivity index (χ2v) is 3.90. The Morgan fingerprint density at radius 2 is 2.12 bits per heavy atom. The minimum atomic E-state index is -0.332. The van der Waals surface area contributed by atoms with Gasteiger partial charge in [0.25, 0.3) is 0 Å². The van der Waals surface area contributed by atoms with Gasteiger partial charge in [-0.05, 0) is 24.6 Å². The molecule has 0 saturated carbocycles. The first-order chi connectivity index (χ1) is 8.20. The highest BCUT2D eigenvalue weighted by atomic mass is 35.5. The number of aromatic nitrogens is 1. The first-order valence-electron chi connectivity index (χ1n) is 5.13. The zero-order chi connectivity index (χ0) is 12.3. The maximum absolute atomic E-state index is 13.1. The Hall–Kier alpha value is -1.61. The van der Waals surface area contributed by atoms with E-state index in [1.165, 1.54) is 12.1 Å². The number of nitrogens with zero attached hydrogens (tertiary/aromatic N) is 1. The fourth-order valence-electron chi connectivity index (χ4n) is 1.41. The summed E-state index contributed by atoms with van der Waals surface area (Å²) in [5, 5.41) is 0. The first kappa shape index (κ1) is 11.9. The molecule has 17 heavy (non-hydrogen) atoms. The first-order valence-corrected chi connectivity index (χ1v) is 5.67. The molecule has 2 aromatic rings. The summed E-state index contributed by atoms with van der Waals surface area (Å²) in [7, 11) is 0. The number of hydrogen-bond donors (Lipinski definition) is 0. The van der Waals surface area contributed by atoms with Gasteiger partial charge in [0.05, 0.1) is 12.1 Å². The summed E-state index contributed by atoms with van der Waals surface area (Å²) < 4.78 is 18.7. The Morgan fingerprint density at radius 1 is 1.29 bits per heavy atom. The van der Waals surface area contributed by atoms with Crippen LogP contribution in [0.25, 0.3) is 0 Å². The molecule has 88 valence electrons. The number of ether oxygens (including phenoxy) is 1. The predicted octanol–water partition coefficient (Wildman–Crippen LogP) is 4.06. The minimum Gasteiger partial charge on any atom is -0.455 e. The second-order valence-electron chi connectivity index (χ2n) is 3.63. The molecule has 0 radical (unpaired) electrons. The van der Waals surface area contributed by atoms with E-state index in [1.807, 2.05) is 6.92 Å². The molecule has 1 aromatic carbocycles. The van der Waals surface area contributed by atoms with Crippen molar-refractivity contribution in [3.8, 4) is 11.5 Å². The normalized spacial score (nSPS) is 10.3. The molecular weight excluding hydrogens is 241 g/mol. The molecule has 2 rings (SSSR count). The van der Waals surface area contributed by atoms with Crippen LogP contribution in [0, 0.1) is 12.7 Å². The molecule has 1 aromatic heterocycles. The molecule has 0 saturated heterocycles. The van der Waals surface area contributed by atoms with Gasteiger partial charge in [0.15, 0.2) is 0 Å². The van der Waals surface area contributed by atoms with Crippen LogP contribution in [0.2, 0.25) is 0 Å². The fraction of sp³-hybridized carbons (Fsp3) is 0.154. The number of benzene rings is 1. The molecule has 0 unspecified atom stereocenters.